The second-order valence-corrected chi connectivity index (χ2v) is 5.54. The van der Waals surface area contributed by atoms with Crippen LogP contribution in [0.4, 0.5) is 13.2 Å². The molecule has 2 aromatic rings. The van der Waals surface area contributed by atoms with E-state index in [0.29, 0.717) is 11.6 Å². The molecule has 1 amide bonds. The van der Waals surface area contributed by atoms with Crippen molar-refractivity contribution in [1.82, 2.24) is 5.32 Å². The Hall–Kier alpha value is -3.03. The number of benzene rings is 2. The van der Waals surface area contributed by atoms with Crippen molar-refractivity contribution in [3.05, 3.63) is 65.0 Å². The lowest BCUT2D eigenvalue weighted by molar-refractivity contribution is -0.141. The third-order valence-electron chi connectivity index (χ3n) is 3.52. The van der Waals surface area contributed by atoms with E-state index in [4.69, 9.17) is 9.84 Å². The molecule has 0 heterocycles. The molecule has 2 N–H and O–H groups in total. The molecule has 1 atom stereocenters. The molecule has 0 aliphatic carbocycles. The normalized spacial score (nSPS) is 11.7. The summed E-state index contributed by atoms with van der Waals surface area (Å²) in [7, 11) is 0. The lowest BCUT2D eigenvalue weighted by Gasteiger charge is -2.16. The highest BCUT2D eigenvalue weighted by molar-refractivity contribution is 5.82. The smallest absolute Gasteiger partial charge is 0.326 e. The van der Waals surface area contributed by atoms with Crippen LogP contribution in [0.15, 0.2) is 36.4 Å². The Bertz CT molecular complexity index is 812. The molecule has 0 spiro atoms. The van der Waals surface area contributed by atoms with E-state index >= 15 is 0 Å². The summed E-state index contributed by atoms with van der Waals surface area (Å²) in [6, 6.07) is 7.67. The summed E-state index contributed by atoms with van der Waals surface area (Å²) >= 11 is 0. The van der Waals surface area contributed by atoms with Gasteiger partial charge in [0.1, 0.15) is 12.6 Å². The molecule has 0 bridgehead atoms. The second-order valence-electron chi connectivity index (χ2n) is 5.54. The third-order valence-corrected chi connectivity index (χ3v) is 3.52. The molecule has 0 saturated carbocycles. The van der Waals surface area contributed by atoms with Gasteiger partial charge in [-0.25, -0.2) is 13.6 Å². The maximum Gasteiger partial charge on any atom is 0.326 e. The van der Waals surface area contributed by atoms with Crippen molar-refractivity contribution < 1.29 is 32.6 Å². The molecule has 0 aromatic heterocycles. The number of rotatable bonds is 7. The SMILES string of the molecule is CC(=O)NC(Cc1cc(F)c(OCc2ccccc2)c(F)c1F)C(=O)O. The predicted molar refractivity (Wildman–Crippen MR) is 86.0 cm³/mol. The van der Waals surface area contributed by atoms with Gasteiger partial charge in [0, 0.05) is 13.3 Å². The summed E-state index contributed by atoms with van der Waals surface area (Å²) in [5.41, 5.74) is 0.112. The van der Waals surface area contributed by atoms with Gasteiger partial charge in [-0.1, -0.05) is 30.3 Å². The highest BCUT2D eigenvalue weighted by Gasteiger charge is 2.25. The maximum atomic E-state index is 14.2. The number of amides is 1. The molecule has 2 aromatic carbocycles. The van der Waals surface area contributed by atoms with Crippen LogP contribution in [0.3, 0.4) is 0 Å². The zero-order chi connectivity index (χ0) is 19.3. The van der Waals surface area contributed by atoms with Crippen LogP contribution < -0.4 is 10.1 Å². The molecule has 2 rings (SSSR count). The van der Waals surface area contributed by atoms with Crippen molar-refractivity contribution in [2.45, 2.75) is 26.0 Å². The minimum atomic E-state index is -1.55. The summed E-state index contributed by atoms with van der Waals surface area (Å²) in [4.78, 5) is 22.1. The van der Waals surface area contributed by atoms with Gasteiger partial charge in [-0.3, -0.25) is 4.79 Å². The van der Waals surface area contributed by atoms with Crippen molar-refractivity contribution in [2.24, 2.45) is 0 Å². The summed E-state index contributed by atoms with van der Waals surface area (Å²) in [6.07, 6.45) is -0.618. The monoisotopic (exact) mass is 367 g/mol. The summed E-state index contributed by atoms with van der Waals surface area (Å²) in [6.45, 7) is 0.908. The van der Waals surface area contributed by atoms with Crippen molar-refractivity contribution in [1.29, 1.82) is 0 Å². The number of carbonyl (C=O) groups excluding carboxylic acids is 1. The molecule has 0 aliphatic rings. The Morgan fingerprint density at radius 3 is 2.38 bits per heavy atom. The lowest BCUT2D eigenvalue weighted by atomic mass is 10.0. The van der Waals surface area contributed by atoms with E-state index in [0.717, 1.165) is 6.92 Å². The Morgan fingerprint density at radius 2 is 1.81 bits per heavy atom. The van der Waals surface area contributed by atoms with Gasteiger partial charge in [0.15, 0.2) is 17.4 Å². The first-order valence-electron chi connectivity index (χ1n) is 7.62. The third kappa shape index (κ3) is 4.75. The standard InChI is InChI=1S/C18H16F3NO4/c1-10(23)22-14(18(24)25)8-12-7-13(19)17(16(21)15(12)20)26-9-11-5-3-2-4-6-11/h2-7,14H,8-9H2,1H3,(H,22,23)(H,24,25). The molecule has 0 saturated heterocycles. The lowest BCUT2D eigenvalue weighted by Crippen LogP contribution is -2.41. The topological polar surface area (TPSA) is 75.6 Å². The summed E-state index contributed by atoms with van der Waals surface area (Å²) < 4.78 is 47.5. The number of carboxylic acid groups (broad SMARTS) is 1. The van der Waals surface area contributed by atoms with Crippen LogP contribution in [-0.4, -0.2) is 23.0 Å². The first kappa shape index (κ1) is 19.3. The van der Waals surface area contributed by atoms with E-state index in [1.54, 1.807) is 30.3 Å². The van der Waals surface area contributed by atoms with Crippen molar-refractivity contribution in [2.75, 3.05) is 0 Å². The Balaban J connectivity index is 2.23. The molecule has 0 radical (unpaired) electrons. The number of hydrogen-bond donors (Lipinski definition) is 2. The van der Waals surface area contributed by atoms with Gasteiger partial charge in [0.25, 0.3) is 0 Å². The van der Waals surface area contributed by atoms with E-state index < -0.39 is 53.1 Å². The Kier molecular flexibility index (Phi) is 6.21. The van der Waals surface area contributed by atoms with E-state index in [1.165, 1.54) is 0 Å². The van der Waals surface area contributed by atoms with Gasteiger partial charge < -0.3 is 15.2 Å². The second kappa shape index (κ2) is 8.37. The number of carboxylic acids is 1. The van der Waals surface area contributed by atoms with E-state index in [-0.39, 0.29) is 6.61 Å². The van der Waals surface area contributed by atoms with Crippen LogP contribution in [0.5, 0.6) is 5.75 Å². The Labute approximate surface area is 147 Å². The molecule has 138 valence electrons. The average molecular weight is 367 g/mol. The molecule has 8 heteroatoms. The van der Waals surface area contributed by atoms with Crippen LogP contribution in [-0.2, 0) is 22.6 Å². The zero-order valence-corrected chi connectivity index (χ0v) is 13.8. The first-order valence-corrected chi connectivity index (χ1v) is 7.62. The predicted octanol–water partition coefficient (Wildman–Crippen LogP) is 2.81. The fourth-order valence-electron chi connectivity index (χ4n) is 2.30. The molecule has 1 unspecified atom stereocenters. The number of nitrogens with one attached hydrogen (secondary N) is 1. The van der Waals surface area contributed by atoms with Crippen LogP contribution in [0.1, 0.15) is 18.1 Å². The molecular formula is C18H16F3NO4. The van der Waals surface area contributed by atoms with Gasteiger partial charge in [-0.05, 0) is 17.2 Å². The summed E-state index contributed by atoms with van der Waals surface area (Å²) in [5.74, 6) is -7.15. The molecule has 26 heavy (non-hydrogen) atoms. The van der Waals surface area contributed by atoms with Crippen molar-refractivity contribution >= 4 is 11.9 Å². The molecule has 5 nitrogen and oxygen atoms in total. The largest absolute Gasteiger partial charge is 0.483 e. The van der Waals surface area contributed by atoms with E-state index in [1.807, 2.05) is 0 Å². The fraction of sp³-hybridized carbons (Fsp3) is 0.222. The highest BCUT2D eigenvalue weighted by Crippen LogP contribution is 2.28. The van der Waals surface area contributed by atoms with Gasteiger partial charge in [0.2, 0.25) is 11.7 Å². The van der Waals surface area contributed by atoms with Crippen LogP contribution >= 0.6 is 0 Å². The minimum Gasteiger partial charge on any atom is -0.483 e. The molecular weight excluding hydrogens is 351 g/mol. The number of hydrogen-bond acceptors (Lipinski definition) is 3. The van der Waals surface area contributed by atoms with Crippen LogP contribution in [0, 0.1) is 17.5 Å². The van der Waals surface area contributed by atoms with E-state index in [2.05, 4.69) is 5.32 Å². The highest BCUT2D eigenvalue weighted by atomic mass is 19.2. The van der Waals surface area contributed by atoms with Gasteiger partial charge in [0.05, 0.1) is 0 Å². The maximum absolute atomic E-state index is 14.2. The quantitative estimate of drug-likeness (QED) is 0.738. The Morgan fingerprint density at radius 1 is 1.15 bits per heavy atom. The number of halogens is 3. The summed E-state index contributed by atoms with van der Waals surface area (Å²) in [5, 5.41) is 11.1. The van der Waals surface area contributed by atoms with Gasteiger partial charge in [-0.2, -0.15) is 4.39 Å². The molecule has 0 fully saturated rings. The minimum absolute atomic E-state index is 0.170. The number of carbonyl (C=O) groups is 2. The van der Waals surface area contributed by atoms with Gasteiger partial charge >= 0.3 is 5.97 Å². The van der Waals surface area contributed by atoms with Gasteiger partial charge in [-0.15, -0.1) is 0 Å². The zero-order valence-electron chi connectivity index (χ0n) is 13.8. The average Bonchev–Trinajstić information content (AvgIpc) is 2.59. The number of ether oxygens (including phenoxy) is 1. The van der Waals surface area contributed by atoms with Crippen LogP contribution in [0.2, 0.25) is 0 Å². The fourth-order valence-corrected chi connectivity index (χ4v) is 2.30. The number of aliphatic carboxylic acids is 1. The van der Waals surface area contributed by atoms with Crippen molar-refractivity contribution in [3.8, 4) is 5.75 Å². The van der Waals surface area contributed by atoms with E-state index in [9.17, 15) is 22.8 Å². The van der Waals surface area contributed by atoms with Crippen molar-refractivity contribution in [3.63, 3.8) is 0 Å². The van der Waals surface area contributed by atoms with Crippen LogP contribution in [0.25, 0.3) is 0 Å². The first-order chi connectivity index (χ1) is 12.3. The molecule has 0 aliphatic heterocycles.